The second kappa shape index (κ2) is 9.46. The molecule has 0 radical (unpaired) electrons. The van der Waals surface area contributed by atoms with Gasteiger partial charge < -0.3 is 10.1 Å². The van der Waals surface area contributed by atoms with Crippen LogP contribution in [0.3, 0.4) is 0 Å². The van der Waals surface area contributed by atoms with Gasteiger partial charge in [-0.3, -0.25) is 0 Å². The Kier molecular flexibility index (Phi) is 9.18. The Hall–Kier alpha value is -0.670. The van der Waals surface area contributed by atoms with Crippen molar-refractivity contribution >= 4 is 44.3 Å². The molecule has 0 fully saturated rings. The number of benzene rings is 1. The molecule has 2 N–H and O–H groups in total. The van der Waals surface area contributed by atoms with Crippen LogP contribution in [0.15, 0.2) is 27.6 Å². The van der Waals surface area contributed by atoms with E-state index in [0.717, 1.165) is 0 Å². The molecule has 0 heterocycles. The number of nitrogens with one attached hydrogen (secondary N) is 2. The number of rotatable bonds is 7. The summed E-state index contributed by atoms with van der Waals surface area (Å²) in [6.45, 7) is 4.10. The van der Waals surface area contributed by atoms with E-state index in [4.69, 9.17) is 4.74 Å². The van der Waals surface area contributed by atoms with Crippen molar-refractivity contribution in [3.05, 3.63) is 28.2 Å². The lowest BCUT2D eigenvalue weighted by Crippen LogP contribution is -2.37. The average Bonchev–Trinajstić information content (AvgIpc) is 2.44. The van der Waals surface area contributed by atoms with Crippen molar-refractivity contribution in [3.63, 3.8) is 0 Å². The predicted molar refractivity (Wildman–Crippen MR) is 91.1 cm³/mol. The molecule has 0 aliphatic carbocycles. The number of hydrogen-bond donors (Lipinski definition) is 2. The van der Waals surface area contributed by atoms with E-state index >= 15 is 0 Å². The topological polar surface area (TPSA) is 84.5 Å². The summed E-state index contributed by atoms with van der Waals surface area (Å²) in [5, 5.41) is 2.94. The number of carbonyl (C=O) groups excluding carboxylic acids is 1. The molecule has 1 rings (SSSR count). The van der Waals surface area contributed by atoms with Crippen molar-refractivity contribution in [3.8, 4) is 0 Å². The first-order valence-corrected chi connectivity index (χ1v) is 8.73. The Morgan fingerprint density at radius 1 is 1.41 bits per heavy atom. The highest BCUT2D eigenvalue weighted by molar-refractivity contribution is 9.10. The fraction of sp³-hybridized carbons (Fsp3) is 0.462. The molecule has 22 heavy (non-hydrogen) atoms. The minimum atomic E-state index is -3.64. The second-order valence-electron chi connectivity index (χ2n) is 4.41. The van der Waals surface area contributed by atoms with Gasteiger partial charge in [-0.15, -0.1) is 12.4 Å². The van der Waals surface area contributed by atoms with Crippen LogP contribution in [-0.4, -0.2) is 40.6 Å². The average molecular weight is 416 g/mol. The number of hydrogen-bond acceptors (Lipinski definition) is 5. The summed E-state index contributed by atoms with van der Waals surface area (Å²) in [7, 11) is -1.89. The third-order valence-electron chi connectivity index (χ3n) is 2.80. The maximum atomic E-state index is 12.2. The van der Waals surface area contributed by atoms with E-state index in [2.05, 4.69) is 26.0 Å². The number of sulfonamides is 1. The molecule has 1 aromatic carbocycles. The molecule has 0 bridgehead atoms. The first-order valence-electron chi connectivity index (χ1n) is 6.45. The van der Waals surface area contributed by atoms with Crippen LogP contribution in [0.25, 0.3) is 0 Å². The third kappa shape index (κ3) is 5.85. The van der Waals surface area contributed by atoms with Crippen LogP contribution >= 0.6 is 28.3 Å². The highest BCUT2D eigenvalue weighted by Gasteiger charge is 2.19. The molecule has 1 atom stereocenters. The minimum Gasteiger partial charge on any atom is -0.462 e. The molecule has 0 saturated carbocycles. The maximum Gasteiger partial charge on any atom is 0.338 e. The lowest BCUT2D eigenvalue weighted by molar-refractivity contribution is 0.0526. The Bertz CT molecular complexity index is 610. The zero-order valence-corrected chi connectivity index (χ0v) is 15.8. The molecule has 1 unspecified atom stereocenters. The lowest BCUT2D eigenvalue weighted by Gasteiger charge is -2.13. The van der Waals surface area contributed by atoms with E-state index in [0.29, 0.717) is 10.0 Å². The van der Waals surface area contributed by atoms with Crippen molar-refractivity contribution in [1.82, 2.24) is 10.0 Å². The van der Waals surface area contributed by atoms with Crippen LogP contribution in [0, 0.1) is 0 Å². The molecule has 0 amide bonds. The van der Waals surface area contributed by atoms with Gasteiger partial charge in [0.2, 0.25) is 10.0 Å². The molecule has 0 aromatic heterocycles. The van der Waals surface area contributed by atoms with Crippen molar-refractivity contribution in [2.45, 2.75) is 24.8 Å². The first kappa shape index (κ1) is 21.3. The van der Waals surface area contributed by atoms with E-state index in [1.807, 2.05) is 6.92 Å². The van der Waals surface area contributed by atoms with Crippen LogP contribution in [0.1, 0.15) is 24.2 Å². The largest absolute Gasteiger partial charge is 0.462 e. The highest BCUT2D eigenvalue weighted by atomic mass is 79.9. The van der Waals surface area contributed by atoms with Gasteiger partial charge in [-0.25, -0.2) is 17.9 Å². The van der Waals surface area contributed by atoms with E-state index < -0.39 is 16.0 Å². The fourth-order valence-corrected chi connectivity index (χ4v) is 3.68. The Morgan fingerprint density at radius 3 is 2.55 bits per heavy atom. The van der Waals surface area contributed by atoms with E-state index in [-0.39, 0.29) is 36.5 Å². The van der Waals surface area contributed by atoms with Crippen LogP contribution in [-0.2, 0) is 14.8 Å². The van der Waals surface area contributed by atoms with E-state index in [1.54, 1.807) is 14.0 Å². The molecule has 0 spiro atoms. The monoisotopic (exact) mass is 414 g/mol. The van der Waals surface area contributed by atoms with Gasteiger partial charge in [0.1, 0.15) is 0 Å². The summed E-state index contributed by atoms with van der Waals surface area (Å²) >= 11 is 3.18. The van der Waals surface area contributed by atoms with Crippen LogP contribution in [0.2, 0.25) is 0 Å². The van der Waals surface area contributed by atoms with Crippen molar-refractivity contribution < 1.29 is 17.9 Å². The second-order valence-corrected chi connectivity index (χ2v) is 7.00. The summed E-state index contributed by atoms with van der Waals surface area (Å²) in [5.41, 5.74) is 0.297. The molecule has 6 nitrogen and oxygen atoms in total. The van der Waals surface area contributed by atoms with E-state index in [9.17, 15) is 13.2 Å². The molecule has 0 aliphatic rings. The molecular weight excluding hydrogens is 396 g/mol. The van der Waals surface area contributed by atoms with Gasteiger partial charge in [0, 0.05) is 17.1 Å². The molecule has 0 saturated heterocycles. The van der Waals surface area contributed by atoms with Gasteiger partial charge in [-0.05, 0) is 55.0 Å². The molecule has 1 aromatic rings. The maximum absolute atomic E-state index is 12.2. The van der Waals surface area contributed by atoms with Crippen LogP contribution in [0.4, 0.5) is 0 Å². The lowest BCUT2D eigenvalue weighted by atomic mass is 10.2. The van der Waals surface area contributed by atoms with Crippen molar-refractivity contribution in [1.29, 1.82) is 0 Å². The molecule has 126 valence electrons. The number of halogens is 2. The van der Waals surface area contributed by atoms with Gasteiger partial charge in [0.05, 0.1) is 17.1 Å². The SMILES string of the molecule is CCOC(=O)c1ccc(S(=O)(=O)NCC(C)NC)c(Br)c1.Cl. The van der Waals surface area contributed by atoms with Gasteiger partial charge in [0.25, 0.3) is 0 Å². The number of likely N-dealkylation sites (N-methyl/N-ethyl adjacent to an activating group) is 1. The van der Waals surface area contributed by atoms with Gasteiger partial charge in [-0.2, -0.15) is 0 Å². The normalized spacial score (nSPS) is 12.4. The molecular formula is C13H20BrClN2O4S. The van der Waals surface area contributed by atoms with Gasteiger partial charge >= 0.3 is 5.97 Å². The van der Waals surface area contributed by atoms with Gasteiger partial charge in [0.15, 0.2) is 0 Å². The van der Waals surface area contributed by atoms with Gasteiger partial charge in [-0.1, -0.05) is 0 Å². The third-order valence-corrected chi connectivity index (χ3v) is 5.21. The fourth-order valence-electron chi connectivity index (χ4n) is 1.47. The van der Waals surface area contributed by atoms with E-state index in [1.165, 1.54) is 18.2 Å². The molecule has 9 heteroatoms. The Balaban J connectivity index is 0.00000441. The summed E-state index contributed by atoms with van der Waals surface area (Å²) in [5.74, 6) is -0.487. The standard InChI is InChI=1S/C13H19BrN2O4S.ClH/c1-4-20-13(17)10-5-6-12(11(14)7-10)21(18,19)16-8-9(2)15-3;/h5-7,9,15-16H,4,8H2,1-3H3;1H. The predicted octanol–water partition coefficient (Wildman–Crippen LogP) is 1.93. The van der Waals surface area contributed by atoms with Crippen LogP contribution in [0.5, 0.6) is 0 Å². The minimum absolute atomic E-state index is 0. The Morgan fingerprint density at radius 2 is 2.05 bits per heavy atom. The zero-order chi connectivity index (χ0) is 16.0. The first-order chi connectivity index (χ1) is 9.81. The summed E-state index contributed by atoms with van der Waals surface area (Å²) in [6.07, 6.45) is 0. The quantitative estimate of drug-likeness (QED) is 0.665. The number of ether oxygens (including phenoxy) is 1. The molecule has 0 aliphatic heterocycles. The van der Waals surface area contributed by atoms with Crippen molar-refractivity contribution in [2.24, 2.45) is 0 Å². The number of carbonyl (C=O) groups is 1. The van der Waals surface area contributed by atoms with Crippen molar-refractivity contribution in [2.75, 3.05) is 20.2 Å². The highest BCUT2D eigenvalue weighted by Crippen LogP contribution is 2.23. The summed E-state index contributed by atoms with van der Waals surface area (Å²) in [4.78, 5) is 11.7. The zero-order valence-electron chi connectivity index (χ0n) is 12.6. The number of esters is 1. The van der Waals surface area contributed by atoms with Crippen LogP contribution < -0.4 is 10.0 Å². The summed E-state index contributed by atoms with van der Waals surface area (Å²) in [6, 6.07) is 4.26. The Labute approximate surface area is 145 Å². The smallest absolute Gasteiger partial charge is 0.338 e. The summed E-state index contributed by atoms with van der Waals surface area (Å²) < 4.78 is 32.1.